The normalized spacial score (nSPS) is 24.4. The third-order valence-electron chi connectivity index (χ3n) is 15.7. The number of nitrogens with one attached hydrogen (secondary N) is 1. The fraction of sp³-hybridized carbons (Fsp3) is 0.776. The number of fused-ring (bicyclic) bond motifs is 3. The van der Waals surface area contributed by atoms with Gasteiger partial charge in [0.15, 0.2) is 11.5 Å². The van der Waals surface area contributed by atoms with Gasteiger partial charge in [-0.15, -0.1) is 0 Å². The molecule has 20 heteroatoms. The summed E-state index contributed by atoms with van der Waals surface area (Å²) in [7, 11) is 1.47. The van der Waals surface area contributed by atoms with E-state index < -0.39 is 40.2 Å². The summed E-state index contributed by atoms with van der Waals surface area (Å²) in [5.74, 6) is -0.412. The van der Waals surface area contributed by atoms with Crippen LogP contribution in [0.25, 0.3) is 0 Å². The molecule has 0 radical (unpaired) electrons. The molecule has 1 N–H and O–H groups in total. The van der Waals surface area contributed by atoms with Gasteiger partial charge in [0.05, 0.1) is 111 Å². The number of hydrogen-bond donors (Lipinski definition) is 1. The van der Waals surface area contributed by atoms with Gasteiger partial charge in [-0.05, 0) is 155 Å². The van der Waals surface area contributed by atoms with Crippen molar-refractivity contribution in [3.63, 3.8) is 0 Å². The van der Waals surface area contributed by atoms with Gasteiger partial charge in [0.1, 0.15) is 19.8 Å². The molecule has 6 fully saturated rings. The Morgan fingerprint density at radius 1 is 0.513 bits per heavy atom. The SMILES string of the molecule is CCC(C)(C)C(=O)OCCOC(=O)CCC(=O)OCC1CCC2OC2C1.CCC(C)(C)C(=O)OCCOCCNC(=O)OCC1CCC2OC2C1.CCC(C)(C)C(=O)Oc1ccc(C(=O)OCC2CCC3OC3C2)cc1OC. The summed E-state index contributed by atoms with van der Waals surface area (Å²) in [6.45, 7) is 19.3. The van der Waals surface area contributed by atoms with Gasteiger partial charge in [-0.1, -0.05) is 20.8 Å². The molecule has 9 unspecified atom stereocenters. The number of hydrogen-bond acceptors (Lipinski definition) is 19. The first-order valence-electron chi connectivity index (χ1n) is 28.3. The Morgan fingerprint density at radius 2 is 0.962 bits per heavy atom. The van der Waals surface area contributed by atoms with Gasteiger partial charge < -0.3 is 62.2 Å². The predicted octanol–water partition coefficient (Wildman–Crippen LogP) is 8.44. The average Bonchev–Trinajstić information content (AvgIpc) is 4.36. The molecule has 3 aliphatic heterocycles. The number of epoxide rings is 3. The van der Waals surface area contributed by atoms with Gasteiger partial charge in [0, 0.05) is 6.54 Å². The minimum Gasteiger partial charge on any atom is -0.493 e. The van der Waals surface area contributed by atoms with E-state index in [1.807, 2.05) is 48.5 Å². The van der Waals surface area contributed by atoms with Crippen LogP contribution in [-0.2, 0) is 71.3 Å². The number of carbonyl (C=O) groups excluding carboxylic acids is 7. The monoisotopic (exact) mass is 1100 g/mol. The highest BCUT2D eigenvalue weighted by Crippen LogP contribution is 2.41. The maximum Gasteiger partial charge on any atom is 0.407 e. The summed E-state index contributed by atoms with van der Waals surface area (Å²) in [6.07, 6.45) is 13.2. The van der Waals surface area contributed by atoms with Crippen molar-refractivity contribution in [3.8, 4) is 11.5 Å². The van der Waals surface area contributed by atoms with E-state index in [9.17, 15) is 33.6 Å². The first-order valence-corrected chi connectivity index (χ1v) is 28.3. The molecule has 3 saturated heterocycles. The molecule has 3 aliphatic carbocycles. The lowest BCUT2D eigenvalue weighted by Crippen LogP contribution is -2.31. The number of methoxy groups -OCH3 is 1. The third-order valence-corrected chi connectivity index (χ3v) is 15.7. The summed E-state index contributed by atoms with van der Waals surface area (Å²) < 4.78 is 63.6. The van der Waals surface area contributed by atoms with E-state index in [1.165, 1.54) is 7.11 Å². The van der Waals surface area contributed by atoms with E-state index in [0.29, 0.717) is 124 Å². The first kappa shape index (κ1) is 63.8. The van der Waals surface area contributed by atoms with Crippen molar-refractivity contribution < 1.29 is 90.4 Å². The smallest absolute Gasteiger partial charge is 0.407 e. The van der Waals surface area contributed by atoms with Crippen LogP contribution in [0.4, 0.5) is 4.79 Å². The Bertz CT molecular complexity index is 2140. The Morgan fingerprint density at radius 3 is 1.45 bits per heavy atom. The lowest BCUT2D eigenvalue weighted by molar-refractivity contribution is -0.159. The zero-order chi connectivity index (χ0) is 57.0. The Balaban J connectivity index is 0.000000216. The molecule has 0 bridgehead atoms. The Hall–Kier alpha value is -5.05. The molecule has 9 atom stereocenters. The number of amides is 1. The van der Waals surface area contributed by atoms with Gasteiger partial charge in [-0.2, -0.15) is 0 Å². The molecule has 3 saturated carbocycles. The summed E-state index contributed by atoms with van der Waals surface area (Å²) in [5, 5.41) is 2.65. The largest absolute Gasteiger partial charge is 0.493 e. The predicted molar refractivity (Wildman–Crippen MR) is 282 cm³/mol. The first-order chi connectivity index (χ1) is 37.1. The number of esters is 6. The molecule has 440 valence electrons. The molecule has 6 aliphatic rings. The van der Waals surface area contributed by atoms with E-state index in [-0.39, 0.29) is 50.6 Å². The fourth-order valence-corrected chi connectivity index (χ4v) is 8.75. The molecule has 0 aromatic heterocycles. The minimum atomic E-state index is -0.590. The van der Waals surface area contributed by atoms with Gasteiger partial charge >= 0.3 is 41.9 Å². The molecule has 1 aromatic carbocycles. The van der Waals surface area contributed by atoms with Crippen molar-refractivity contribution in [1.82, 2.24) is 5.32 Å². The standard InChI is InChI=1S/C21H28O6.C19H30O7.C18H31NO6/c1-5-21(2,3)20(23)27-15-9-7-14(11-17(15)24-4)19(22)25-12-13-6-8-16-18(10-13)26-16;1-4-19(2,3)18(22)24-10-9-23-16(20)7-8-17(21)25-12-13-5-6-14-15(11-13)26-14;1-4-18(2,3)16(20)23-10-9-22-8-7-19-17(21)24-12-13-5-6-14-15(11-13)25-14/h7,9,11,13,16,18H,5-6,8,10,12H2,1-4H3;13-15H,4-12H2,1-3H3;13-15H,4-12H2,1-3H3,(H,19,21). The molecule has 1 aromatic rings. The van der Waals surface area contributed by atoms with Crippen molar-refractivity contribution in [1.29, 1.82) is 0 Å². The van der Waals surface area contributed by atoms with E-state index in [2.05, 4.69) is 5.32 Å². The summed E-state index contributed by atoms with van der Waals surface area (Å²) in [6, 6.07) is 4.71. The van der Waals surface area contributed by atoms with Crippen LogP contribution in [0.5, 0.6) is 11.5 Å². The average molecular weight is 1100 g/mol. The number of alkyl carbamates (subject to hydrolysis) is 1. The minimum absolute atomic E-state index is 0.00321. The van der Waals surface area contributed by atoms with Crippen LogP contribution in [0.15, 0.2) is 18.2 Å². The summed E-state index contributed by atoms with van der Waals surface area (Å²) in [4.78, 5) is 83.1. The number of rotatable bonds is 27. The maximum atomic E-state index is 12.4. The second kappa shape index (κ2) is 30.5. The summed E-state index contributed by atoms with van der Waals surface area (Å²) in [5.41, 5.74) is -1.22. The zero-order valence-corrected chi connectivity index (χ0v) is 47.9. The summed E-state index contributed by atoms with van der Waals surface area (Å²) >= 11 is 0. The number of carbonyl (C=O) groups is 7. The highest BCUT2D eigenvalue weighted by Gasteiger charge is 2.46. The van der Waals surface area contributed by atoms with E-state index in [0.717, 1.165) is 64.2 Å². The zero-order valence-electron chi connectivity index (χ0n) is 47.9. The van der Waals surface area contributed by atoms with Crippen LogP contribution >= 0.6 is 0 Å². The van der Waals surface area contributed by atoms with Gasteiger partial charge in [-0.25, -0.2) is 9.59 Å². The van der Waals surface area contributed by atoms with Crippen molar-refractivity contribution in [2.24, 2.45) is 34.0 Å². The lowest BCUT2D eigenvalue weighted by Gasteiger charge is -2.21. The second-order valence-corrected chi connectivity index (χ2v) is 23.1. The van der Waals surface area contributed by atoms with Crippen molar-refractivity contribution in [3.05, 3.63) is 23.8 Å². The Labute approximate surface area is 460 Å². The van der Waals surface area contributed by atoms with Crippen LogP contribution < -0.4 is 14.8 Å². The number of benzene rings is 1. The maximum absolute atomic E-state index is 12.4. The van der Waals surface area contributed by atoms with E-state index >= 15 is 0 Å². The van der Waals surface area contributed by atoms with Gasteiger partial charge in [0.25, 0.3) is 0 Å². The van der Waals surface area contributed by atoms with Crippen LogP contribution in [0.2, 0.25) is 0 Å². The van der Waals surface area contributed by atoms with E-state index in [1.54, 1.807) is 32.0 Å². The number of ether oxygens (including phenoxy) is 12. The van der Waals surface area contributed by atoms with Gasteiger partial charge in [-0.3, -0.25) is 24.0 Å². The van der Waals surface area contributed by atoms with Crippen LogP contribution in [0, 0.1) is 34.0 Å². The third kappa shape index (κ3) is 21.5. The van der Waals surface area contributed by atoms with Crippen LogP contribution in [-0.4, -0.2) is 145 Å². The van der Waals surface area contributed by atoms with Crippen molar-refractivity contribution in [2.75, 3.05) is 66.5 Å². The quantitative estimate of drug-likeness (QED) is 0.0285. The Kier molecular flexibility index (Phi) is 24.9. The molecule has 3 heterocycles. The van der Waals surface area contributed by atoms with Crippen LogP contribution in [0.1, 0.15) is 163 Å². The van der Waals surface area contributed by atoms with Crippen molar-refractivity contribution in [2.45, 2.75) is 189 Å². The molecule has 78 heavy (non-hydrogen) atoms. The fourth-order valence-electron chi connectivity index (χ4n) is 8.75. The molecule has 20 nitrogen and oxygen atoms in total. The molecule has 0 spiro atoms. The topological polar surface area (TPSA) is 252 Å². The van der Waals surface area contributed by atoms with Gasteiger partial charge in [0.2, 0.25) is 0 Å². The molecule has 1 amide bonds. The molecular formula is C58H89NO19. The second-order valence-electron chi connectivity index (χ2n) is 23.1. The van der Waals surface area contributed by atoms with E-state index in [4.69, 9.17) is 56.8 Å². The highest BCUT2D eigenvalue weighted by atomic mass is 16.6. The highest BCUT2D eigenvalue weighted by molar-refractivity contribution is 5.90. The molecule has 7 rings (SSSR count). The van der Waals surface area contributed by atoms with Crippen molar-refractivity contribution >= 4 is 41.9 Å². The lowest BCUT2D eigenvalue weighted by atomic mass is 9.90. The van der Waals surface area contributed by atoms with Crippen LogP contribution in [0.3, 0.4) is 0 Å². The molecular weight excluding hydrogens is 1010 g/mol.